The number of rotatable bonds is 10. The van der Waals surface area contributed by atoms with Gasteiger partial charge in [0.2, 0.25) is 0 Å². The van der Waals surface area contributed by atoms with Crippen molar-refractivity contribution in [2.45, 2.75) is 50.8 Å². The van der Waals surface area contributed by atoms with Crippen LogP contribution in [0.4, 0.5) is 0 Å². The fourth-order valence-electron chi connectivity index (χ4n) is 2.49. The molecular weight excluding hydrogens is 326 g/mol. The van der Waals surface area contributed by atoms with Gasteiger partial charge in [0.05, 0.1) is 23.4 Å². The Balaban J connectivity index is 1.76. The van der Waals surface area contributed by atoms with E-state index >= 15 is 0 Å². The standard InChI is InChI=1S/C18H25NO4S/c1-3-5-7-13(4-2)12-22-16(20)10-11-24-15-9-6-8-14-17(15)23-18(21)19-14/h6,8-9,13H,3-5,7,10-12H2,1-2H3,(H,19,21). The van der Waals surface area contributed by atoms with Crippen molar-refractivity contribution in [1.82, 2.24) is 4.98 Å². The number of hydrogen-bond acceptors (Lipinski definition) is 5. The van der Waals surface area contributed by atoms with Crippen LogP contribution in [0.3, 0.4) is 0 Å². The van der Waals surface area contributed by atoms with E-state index in [2.05, 4.69) is 18.8 Å². The third-order valence-corrected chi connectivity index (χ3v) is 5.04. The SMILES string of the molecule is CCCCC(CC)COC(=O)CCSc1cccc2[nH]c(=O)oc12. The van der Waals surface area contributed by atoms with Gasteiger partial charge in [0, 0.05) is 5.75 Å². The predicted octanol–water partition coefficient (Wildman–Crippen LogP) is 4.36. The second-order valence-electron chi connectivity index (χ2n) is 5.85. The monoisotopic (exact) mass is 351 g/mol. The Bertz CT molecular complexity index is 706. The van der Waals surface area contributed by atoms with Crippen molar-refractivity contribution in [1.29, 1.82) is 0 Å². The summed E-state index contributed by atoms with van der Waals surface area (Å²) in [5.41, 5.74) is 1.22. The van der Waals surface area contributed by atoms with Crippen molar-refractivity contribution in [3.8, 4) is 0 Å². The normalized spacial score (nSPS) is 12.4. The van der Waals surface area contributed by atoms with E-state index in [1.165, 1.54) is 24.6 Å². The van der Waals surface area contributed by atoms with Crippen LogP contribution in [-0.2, 0) is 9.53 Å². The van der Waals surface area contributed by atoms with Gasteiger partial charge in [-0.05, 0) is 24.5 Å². The largest absolute Gasteiger partial charge is 0.465 e. The molecule has 24 heavy (non-hydrogen) atoms. The van der Waals surface area contributed by atoms with Crippen LogP contribution in [0.5, 0.6) is 0 Å². The number of thioether (sulfide) groups is 1. The van der Waals surface area contributed by atoms with Crippen LogP contribution in [0, 0.1) is 5.92 Å². The average Bonchev–Trinajstić information content (AvgIpc) is 2.96. The number of aromatic nitrogens is 1. The summed E-state index contributed by atoms with van der Waals surface area (Å²) in [6.45, 7) is 4.82. The third kappa shape index (κ3) is 5.44. The molecule has 0 fully saturated rings. The van der Waals surface area contributed by atoms with Gasteiger partial charge in [-0.1, -0.05) is 39.2 Å². The summed E-state index contributed by atoms with van der Waals surface area (Å²) in [4.78, 5) is 26.6. The Morgan fingerprint density at radius 2 is 2.21 bits per heavy atom. The van der Waals surface area contributed by atoms with Crippen molar-refractivity contribution < 1.29 is 13.9 Å². The molecule has 2 rings (SSSR count). The number of benzene rings is 1. The summed E-state index contributed by atoms with van der Waals surface area (Å²) in [5.74, 6) is 0.429. The van der Waals surface area contributed by atoms with Crippen LogP contribution in [0.2, 0.25) is 0 Å². The highest BCUT2D eigenvalue weighted by Gasteiger charge is 2.11. The summed E-state index contributed by atoms with van der Waals surface area (Å²) < 4.78 is 10.5. The molecule has 0 radical (unpaired) electrons. The third-order valence-electron chi connectivity index (χ3n) is 4.00. The Morgan fingerprint density at radius 1 is 1.38 bits per heavy atom. The summed E-state index contributed by atoms with van der Waals surface area (Å²) >= 11 is 1.49. The Kier molecular flexibility index (Phi) is 7.43. The molecule has 0 saturated carbocycles. The van der Waals surface area contributed by atoms with Crippen LogP contribution in [0.15, 0.2) is 32.3 Å². The topological polar surface area (TPSA) is 72.3 Å². The molecule has 6 heteroatoms. The van der Waals surface area contributed by atoms with Crippen molar-refractivity contribution >= 4 is 28.8 Å². The maximum absolute atomic E-state index is 11.9. The number of esters is 1. The first-order valence-electron chi connectivity index (χ1n) is 8.54. The van der Waals surface area contributed by atoms with Gasteiger partial charge in [-0.15, -0.1) is 11.8 Å². The first-order valence-corrected chi connectivity index (χ1v) is 9.52. The van der Waals surface area contributed by atoms with Gasteiger partial charge in [-0.25, -0.2) is 4.79 Å². The lowest BCUT2D eigenvalue weighted by molar-refractivity contribution is -0.144. The maximum atomic E-state index is 11.9. The minimum atomic E-state index is -0.463. The minimum absolute atomic E-state index is 0.167. The zero-order valence-electron chi connectivity index (χ0n) is 14.3. The van der Waals surface area contributed by atoms with Gasteiger partial charge in [0.25, 0.3) is 0 Å². The van der Waals surface area contributed by atoms with Crippen molar-refractivity contribution in [3.63, 3.8) is 0 Å². The van der Waals surface area contributed by atoms with Gasteiger partial charge >= 0.3 is 11.7 Å². The van der Waals surface area contributed by atoms with Crippen molar-refractivity contribution in [3.05, 3.63) is 28.7 Å². The first kappa shape index (κ1) is 18.6. The lowest BCUT2D eigenvalue weighted by Gasteiger charge is -2.14. The number of unbranched alkanes of at least 4 members (excludes halogenated alkanes) is 1. The number of para-hydroxylation sites is 1. The number of oxazole rings is 1. The first-order chi connectivity index (χ1) is 11.6. The Morgan fingerprint density at radius 3 is 2.96 bits per heavy atom. The quantitative estimate of drug-likeness (QED) is 0.508. The molecule has 132 valence electrons. The van der Waals surface area contributed by atoms with Crippen LogP contribution >= 0.6 is 11.8 Å². The second kappa shape index (κ2) is 9.57. The van der Waals surface area contributed by atoms with Crippen molar-refractivity contribution in [2.24, 2.45) is 5.92 Å². The molecule has 0 bridgehead atoms. The zero-order valence-corrected chi connectivity index (χ0v) is 15.1. The number of nitrogens with one attached hydrogen (secondary N) is 1. The fraction of sp³-hybridized carbons (Fsp3) is 0.556. The highest BCUT2D eigenvalue weighted by molar-refractivity contribution is 7.99. The molecule has 1 N–H and O–H groups in total. The number of fused-ring (bicyclic) bond motifs is 1. The molecule has 1 aromatic carbocycles. The summed E-state index contributed by atoms with van der Waals surface area (Å²) in [5, 5.41) is 0. The van der Waals surface area contributed by atoms with E-state index in [0.717, 1.165) is 17.7 Å². The van der Waals surface area contributed by atoms with E-state index < -0.39 is 5.76 Å². The van der Waals surface area contributed by atoms with E-state index in [-0.39, 0.29) is 5.97 Å². The van der Waals surface area contributed by atoms with Crippen LogP contribution in [0.25, 0.3) is 11.1 Å². The Hall–Kier alpha value is -1.69. The van der Waals surface area contributed by atoms with E-state index in [1.807, 2.05) is 12.1 Å². The molecule has 0 aliphatic carbocycles. The van der Waals surface area contributed by atoms with Gasteiger partial charge in [0.15, 0.2) is 5.58 Å². The number of carbonyl (C=O) groups excluding carboxylic acids is 1. The molecule has 1 heterocycles. The van der Waals surface area contributed by atoms with E-state index in [1.54, 1.807) is 6.07 Å². The molecule has 0 amide bonds. The molecule has 0 aliphatic rings. The molecule has 0 spiro atoms. The molecule has 0 aliphatic heterocycles. The van der Waals surface area contributed by atoms with Gasteiger partial charge in [-0.2, -0.15) is 0 Å². The maximum Gasteiger partial charge on any atom is 0.417 e. The summed E-state index contributed by atoms with van der Waals surface area (Å²) in [6, 6.07) is 5.53. The van der Waals surface area contributed by atoms with Gasteiger partial charge in [-0.3, -0.25) is 9.78 Å². The molecule has 1 aromatic heterocycles. The summed E-state index contributed by atoms with van der Waals surface area (Å²) in [7, 11) is 0. The lowest BCUT2D eigenvalue weighted by Crippen LogP contribution is -2.14. The highest BCUT2D eigenvalue weighted by atomic mass is 32.2. The number of H-pyrrole nitrogens is 1. The number of aromatic amines is 1. The van der Waals surface area contributed by atoms with Crippen LogP contribution in [-0.4, -0.2) is 23.3 Å². The molecule has 5 nitrogen and oxygen atoms in total. The average molecular weight is 351 g/mol. The molecular formula is C18H25NO4S. The molecule has 2 aromatic rings. The second-order valence-corrected chi connectivity index (χ2v) is 6.98. The fourth-order valence-corrected chi connectivity index (χ4v) is 3.43. The minimum Gasteiger partial charge on any atom is -0.465 e. The number of carbonyl (C=O) groups is 1. The highest BCUT2D eigenvalue weighted by Crippen LogP contribution is 2.26. The summed E-state index contributed by atoms with van der Waals surface area (Å²) in [6.07, 6.45) is 4.85. The molecule has 1 unspecified atom stereocenters. The van der Waals surface area contributed by atoms with Gasteiger partial charge in [0.1, 0.15) is 0 Å². The molecule has 0 saturated heterocycles. The Labute approximate surface area is 146 Å². The smallest absolute Gasteiger partial charge is 0.417 e. The lowest BCUT2D eigenvalue weighted by atomic mass is 10.0. The van der Waals surface area contributed by atoms with Crippen LogP contribution in [0.1, 0.15) is 46.0 Å². The zero-order chi connectivity index (χ0) is 17.4. The van der Waals surface area contributed by atoms with Crippen molar-refractivity contribution in [2.75, 3.05) is 12.4 Å². The number of hydrogen-bond donors (Lipinski definition) is 1. The van der Waals surface area contributed by atoms with E-state index in [9.17, 15) is 9.59 Å². The molecule has 1 atom stereocenters. The van der Waals surface area contributed by atoms with E-state index in [0.29, 0.717) is 35.8 Å². The predicted molar refractivity (Wildman–Crippen MR) is 96.4 cm³/mol. The van der Waals surface area contributed by atoms with Crippen LogP contribution < -0.4 is 5.76 Å². The number of ether oxygens (including phenoxy) is 1. The van der Waals surface area contributed by atoms with Gasteiger partial charge < -0.3 is 9.15 Å². The van der Waals surface area contributed by atoms with E-state index in [4.69, 9.17) is 9.15 Å².